The number of hydrogen-bond acceptors (Lipinski definition) is 8. The van der Waals surface area contributed by atoms with Gasteiger partial charge in [-0.15, -0.1) is 0 Å². The van der Waals surface area contributed by atoms with Gasteiger partial charge >= 0.3 is 6.03 Å². The van der Waals surface area contributed by atoms with Gasteiger partial charge in [-0.05, 0) is 68.4 Å². The van der Waals surface area contributed by atoms with Crippen LogP contribution in [0.15, 0.2) is 79.1 Å². The van der Waals surface area contributed by atoms with E-state index in [9.17, 15) is 23.6 Å². The molecule has 14 heteroatoms. The number of carbonyl (C=O) groups is 4. The van der Waals surface area contributed by atoms with Crippen molar-refractivity contribution in [3.8, 4) is 11.5 Å². The van der Waals surface area contributed by atoms with E-state index in [-0.39, 0.29) is 41.4 Å². The van der Waals surface area contributed by atoms with E-state index in [1.807, 2.05) is 0 Å². The fourth-order valence-electron chi connectivity index (χ4n) is 4.73. The van der Waals surface area contributed by atoms with Crippen molar-refractivity contribution in [3.63, 3.8) is 0 Å². The fraction of sp³-hybridized carbons (Fsp3) is 0.212. The van der Waals surface area contributed by atoms with Crippen molar-refractivity contribution in [2.45, 2.75) is 19.9 Å². The number of anilines is 4. The van der Waals surface area contributed by atoms with Crippen LogP contribution in [0.1, 0.15) is 24.2 Å². The van der Waals surface area contributed by atoms with E-state index in [1.54, 1.807) is 40.1 Å². The van der Waals surface area contributed by atoms with Crippen molar-refractivity contribution in [1.82, 2.24) is 19.8 Å². The highest BCUT2D eigenvalue weighted by atomic mass is 19.1. The quantitative estimate of drug-likeness (QED) is 0.231. The van der Waals surface area contributed by atoms with E-state index in [2.05, 4.69) is 20.6 Å². The first-order valence-corrected chi connectivity index (χ1v) is 14.5. The Hall–Kier alpha value is -5.92. The maximum Gasteiger partial charge on any atom is 0.331 e. The zero-order valence-electron chi connectivity index (χ0n) is 25.9. The molecular formula is C33H31F2N7O5. The van der Waals surface area contributed by atoms with E-state index in [1.165, 1.54) is 58.6 Å². The number of amides is 5. The SMILES string of the molecule is CC(C)N1CC(C(=O)Nc2ccc(Oc3ccnc(Nc4ccc(C(=O)N(C)C)cn4)c3)c(F)c2)C(=O)N(c2ccc(F)cc2)C1=O. The van der Waals surface area contributed by atoms with Gasteiger partial charge in [0.25, 0.3) is 5.91 Å². The van der Waals surface area contributed by atoms with Crippen molar-refractivity contribution in [2.24, 2.45) is 5.92 Å². The molecule has 1 fully saturated rings. The zero-order chi connectivity index (χ0) is 33.8. The van der Waals surface area contributed by atoms with Gasteiger partial charge in [0.05, 0.1) is 11.3 Å². The first-order valence-electron chi connectivity index (χ1n) is 14.5. The highest BCUT2D eigenvalue weighted by Gasteiger charge is 2.44. The van der Waals surface area contributed by atoms with E-state index < -0.39 is 35.4 Å². The summed E-state index contributed by atoms with van der Waals surface area (Å²) in [5.41, 5.74) is 0.608. The number of nitrogens with zero attached hydrogens (tertiary/aromatic N) is 5. The second-order valence-corrected chi connectivity index (χ2v) is 11.1. The standard InChI is InChI=1S/C33H31F2N7O5/c1-19(2)41-18-25(32(45)42(33(41)46)23-9-6-21(34)7-10-23)30(43)38-22-8-11-27(26(35)15-22)47-24-13-14-36-29(16-24)39-28-12-5-20(17-37-28)31(44)40(3)4/h5-17,19,25H,18H2,1-4H3,(H,38,43)(H,36,37,39). The molecule has 0 saturated carbocycles. The summed E-state index contributed by atoms with van der Waals surface area (Å²) in [5.74, 6) is -3.47. The molecule has 1 unspecified atom stereocenters. The molecule has 0 bridgehead atoms. The van der Waals surface area contributed by atoms with Crippen LogP contribution in [0.25, 0.3) is 0 Å². The minimum absolute atomic E-state index is 0.0633. The fourth-order valence-corrected chi connectivity index (χ4v) is 4.73. The smallest absolute Gasteiger partial charge is 0.331 e. The normalized spacial score (nSPS) is 14.7. The van der Waals surface area contributed by atoms with Crippen molar-refractivity contribution in [2.75, 3.05) is 36.2 Å². The van der Waals surface area contributed by atoms with E-state index >= 15 is 4.39 Å². The van der Waals surface area contributed by atoms with Crippen molar-refractivity contribution in [3.05, 3.63) is 96.3 Å². The molecular weight excluding hydrogens is 612 g/mol. The lowest BCUT2D eigenvalue weighted by molar-refractivity contribution is -0.132. The Balaban J connectivity index is 1.26. The number of hydrogen-bond donors (Lipinski definition) is 2. The number of pyridine rings is 2. The number of nitrogens with one attached hydrogen (secondary N) is 2. The number of carbonyl (C=O) groups excluding carboxylic acids is 4. The third-order valence-corrected chi connectivity index (χ3v) is 7.19. The predicted molar refractivity (Wildman–Crippen MR) is 169 cm³/mol. The molecule has 47 heavy (non-hydrogen) atoms. The van der Waals surface area contributed by atoms with E-state index in [0.29, 0.717) is 17.2 Å². The Kier molecular flexibility index (Phi) is 9.40. The predicted octanol–water partition coefficient (Wildman–Crippen LogP) is 5.42. The Morgan fingerprint density at radius 2 is 1.70 bits per heavy atom. The lowest BCUT2D eigenvalue weighted by Crippen LogP contribution is -2.61. The molecule has 2 aromatic carbocycles. The van der Waals surface area contributed by atoms with Gasteiger partial charge in [0.2, 0.25) is 11.8 Å². The van der Waals surface area contributed by atoms with Gasteiger partial charge in [0.1, 0.15) is 29.1 Å². The van der Waals surface area contributed by atoms with Gasteiger partial charge in [0.15, 0.2) is 11.6 Å². The summed E-state index contributed by atoms with van der Waals surface area (Å²) >= 11 is 0. The number of imide groups is 1. The molecule has 0 aliphatic carbocycles. The molecule has 242 valence electrons. The number of benzene rings is 2. The minimum Gasteiger partial charge on any atom is -0.454 e. The molecule has 1 aliphatic heterocycles. The third-order valence-electron chi connectivity index (χ3n) is 7.19. The summed E-state index contributed by atoms with van der Waals surface area (Å²) in [6, 6.07) is 13.9. The molecule has 5 amide bonds. The number of urea groups is 1. The molecule has 1 saturated heterocycles. The molecule has 3 heterocycles. The maximum absolute atomic E-state index is 15.1. The van der Waals surface area contributed by atoms with Crippen LogP contribution in [0.5, 0.6) is 11.5 Å². The second-order valence-electron chi connectivity index (χ2n) is 11.1. The molecule has 1 aliphatic rings. The monoisotopic (exact) mass is 643 g/mol. The van der Waals surface area contributed by atoms with Crippen LogP contribution >= 0.6 is 0 Å². The Labute approximate surface area is 269 Å². The summed E-state index contributed by atoms with van der Waals surface area (Å²) in [6.45, 7) is 3.30. The summed E-state index contributed by atoms with van der Waals surface area (Å²) in [7, 11) is 3.29. The average molecular weight is 644 g/mol. The van der Waals surface area contributed by atoms with Gasteiger partial charge < -0.3 is 25.2 Å². The van der Waals surface area contributed by atoms with Crippen molar-refractivity contribution < 1.29 is 32.7 Å². The number of rotatable bonds is 9. The highest BCUT2D eigenvalue weighted by Crippen LogP contribution is 2.30. The summed E-state index contributed by atoms with van der Waals surface area (Å²) in [5, 5.41) is 5.55. The van der Waals surface area contributed by atoms with Crippen LogP contribution in [-0.2, 0) is 9.59 Å². The first-order chi connectivity index (χ1) is 22.4. The van der Waals surface area contributed by atoms with E-state index in [0.717, 1.165) is 23.1 Å². The summed E-state index contributed by atoms with van der Waals surface area (Å²) in [6.07, 6.45) is 2.89. The molecule has 0 spiro atoms. The summed E-state index contributed by atoms with van der Waals surface area (Å²) in [4.78, 5) is 63.9. The second kappa shape index (κ2) is 13.6. The molecule has 5 rings (SSSR count). The Morgan fingerprint density at radius 1 is 0.957 bits per heavy atom. The van der Waals surface area contributed by atoms with Crippen LogP contribution in [0.4, 0.5) is 36.6 Å². The lowest BCUT2D eigenvalue weighted by atomic mass is 10.0. The topological polar surface area (TPSA) is 137 Å². The first kappa shape index (κ1) is 32.5. The van der Waals surface area contributed by atoms with Gasteiger partial charge in [-0.25, -0.2) is 28.4 Å². The molecule has 0 radical (unpaired) electrons. The van der Waals surface area contributed by atoms with Gasteiger partial charge in [-0.2, -0.15) is 0 Å². The largest absolute Gasteiger partial charge is 0.454 e. The molecule has 2 aromatic heterocycles. The highest BCUT2D eigenvalue weighted by molar-refractivity contribution is 6.23. The summed E-state index contributed by atoms with van der Waals surface area (Å²) < 4.78 is 34.4. The van der Waals surface area contributed by atoms with Crippen molar-refractivity contribution >= 4 is 46.8 Å². The van der Waals surface area contributed by atoms with Crippen LogP contribution in [0.3, 0.4) is 0 Å². The Morgan fingerprint density at radius 3 is 2.34 bits per heavy atom. The number of aromatic nitrogens is 2. The number of halogens is 2. The van der Waals surface area contributed by atoms with Gasteiger partial charge in [0, 0.05) is 56.9 Å². The van der Waals surface area contributed by atoms with E-state index in [4.69, 9.17) is 4.74 Å². The lowest BCUT2D eigenvalue weighted by Gasteiger charge is -2.39. The Bertz CT molecular complexity index is 1820. The third kappa shape index (κ3) is 7.32. The van der Waals surface area contributed by atoms with Crippen molar-refractivity contribution in [1.29, 1.82) is 0 Å². The maximum atomic E-state index is 15.1. The van der Waals surface area contributed by atoms with Crippen LogP contribution < -0.4 is 20.3 Å². The molecule has 12 nitrogen and oxygen atoms in total. The number of ether oxygens (including phenoxy) is 1. The average Bonchev–Trinajstić information content (AvgIpc) is 3.03. The van der Waals surface area contributed by atoms with Gasteiger partial charge in [-0.1, -0.05) is 0 Å². The zero-order valence-corrected chi connectivity index (χ0v) is 25.9. The van der Waals surface area contributed by atoms with Gasteiger partial charge in [-0.3, -0.25) is 14.4 Å². The molecule has 4 aromatic rings. The molecule has 1 atom stereocenters. The minimum atomic E-state index is -1.30. The van der Waals surface area contributed by atoms with Crippen LogP contribution in [0, 0.1) is 17.6 Å². The van der Waals surface area contributed by atoms with Crippen LogP contribution in [-0.4, -0.2) is 70.2 Å². The van der Waals surface area contributed by atoms with Crippen LogP contribution in [0.2, 0.25) is 0 Å². The molecule has 2 N–H and O–H groups in total.